The van der Waals surface area contributed by atoms with Gasteiger partial charge in [-0.15, -0.1) is 0 Å². The second-order valence-electron chi connectivity index (χ2n) is 8.13. The Morgan fingerprint density at radius 3 is 2.97 bits per heavy atom. The summed E-state index contributed by atoms with van der Waals surface area (Å²) < 4.78 is 3.92. The maximum atomic E-state index is 13.0. The molecule has 1 aliphatic carbocycles. The Morgan fingerprint density at radius 1 is 1.23 bits per heavy atom. The predicted molar refractivity (Wildman–Crippen MR) is 115 cm³/mol. The number of nitrogens with one attached hydrogen (secondary N) is 1. The van der Waals surface area contributed by atoms with E-state index in [1.165, 1.54) is 0 Å². The van der Waals surface area contributed by atoms with E-state index in [0.717, 1.165) is 47.7 Å². The third-order valence-corrected chi connectivity index (χ3v) is 6.09. The third-order valence-electron chi connectivity index (χ3n) is 6.09. The first-order chi connectivity index (χ1) is 14.6. The molecule has 1 fully saturated rings. The molecule has 0 spiro atoms. The maximum Gasteiger partial charge on any atom is 0.255 e. The molecule has 1 aliphatic rings. The summed E-state index contributed by atoms with van der Waals surface area (Å²) in [6.45, 7) is 0.631. The van der Waals surface area contributed by atoms with Gasteiger partial charge < -0.3 is 15.0 Å². The van der Waals surface area contributed by atoms with Crippen LogP contribution in [0, 0.1) is 0 Å². The molecule has 1 saturated carbocycles. The van der Waals surface area contributed by atoms with Crippen LogP contribution in [0.5, 0.6) is 0 Å². The van der Waals surface area contributed by atoms with E-state index >= 15 is 0 Å². The van der Waals surface area contributed by atoms with Crippen molar-refractivity contribution in [2.24, 2.45) is 7.05 Å². The number of hydrogen-bond donors (Lipinski definition) is 2. The SMILES string of the molecule is Cn1ncc2cc(Cn3cc(C(=O)NC4CCCCC4O)c4ncccc43)ccc21. The Hall–Kier alpha value is -3.19. The van der Waals surface area contributed by atoms with Crippen molar-refractivity contribution in [3.05, 3.63) is 60.0 Å². The van der Waals surface area contributed by atoms with Gasteiger partial charge in [-0.3, -0.25) is 14.5 Å². The zero-order valence-corrected chi connectivity index (χ0v) is 17.0. The van der Waals surface area contributed by atoms with Gasteiger partial charge in [-0.1, -0.05) is 18.9 Å². The Morgan fingerprint density at radius 2 is 2.10 bits per heavy atom. The van der Waals surface area contributed by atoms with E-state index in [0.29, 0.717) is 17.6 Å². The molecule has 2 N–H and O–H groups in total. The molecule has 1 aromatic carbocycles. The van der Waals surface area contributed by atoms with Crippen LogP contribution in [0.2, 0.25) is 0 Å². The lowest BCUT2D eigenvalue weighted by molar-refractivity contribution is 0.0718. The third kappa shape index (κ3) is 3.35. The fourth-order valence-corrected chi connectivity index (χ4v) is 4.45. The summed E-state index contributed by atoms with van der Waals surface area (Å²) in [7, 11) is 1.93. The van der Waals surface area contributed by atoms with Gasteiger partial charge >= 0.3 is 0 Å². The fraction of sp³-hybridized carbons (Fsp3) is 0.348. The zero-order chi connectivity index (χ0) is 20.7. The lowest BCUT2D eigenvalue weighted by Gasteiger charge is -2.28. The minimum Gasteiger partial charge on any atom is -0.391 e. The highest BCUT2D eigenvalue weighted by Crippen LogP contribution is 2.24. The molecule has 7 nitrogen and oxygen atoms in total. The van der Waals surface area contributed by atoms with E-state index < -0.39 is 6.10 Å². The number of rotatable bonds is 4. The molecule has 7 heteroatoms. The van der Waals surface area contributed by atoms with Crippen molar-refractivity contribution in [2.45, 2.75) is 44.4 Å². The molecule has 30 heavy (non-hydrogen) atoms. The summed E-state index contributed by atoms with van der Waals surface area (Å²) in [5.74, 6) is -0.175. The lowest BCUT2D eigenvalue weighted by atomic mass is 9.92. The fourth-order valence-electron chi connectivity index (χ4n) is 4.45. The molecule has 5 rings (SSSR count). The van der Waals surface area contributed by atoms with Gasteiger partial charge in [0, 0.05) is 31.4 Å². The minimum atomic E-state index is -0.477. The van der Waals surface area contributed by atoms with Gasteiger partial charge in [0.2, 0.25) is 0 Å². The molecule has 0 aliphatic heterocycles. The monoisotopic (exact) mass is 403 g/mol. The van der Waals surface area contributed by atoms with Crippen molar-refractivity contribution in [3.8, 4) is 0 Å². The van der Waals surface area contributed by atoms with Crippen molar-refractivity contribution in [1.82, 2.24) is 24.6 Å². The Labute approximate surface area is 174 Å². The molecule has 1 amide bonds. The van der Waals surface area contributed by atoms with Crippen LogP contribution in [0.15, 0.2) is 48.9 Å². The molecule has 4 aromatic rings. The van der Waals surface area contributed by atoms with Crippen LogP contribution in [-0.4, -0.2) is 42.5 Å². The highest BCUT2D eigenvalue weighted by molar-refractivity contribution is 6.05. The minimum absolute atomic E-state index is 0.175. The first-order valence-electron chi connectivity index (χ1n) is 10.4. The normalized spacial score (nSPS) is 19.4. The van der Waals surface area contributed by atoms with E-state index in [4.69, 9.17) is 0 Å². The van der Waals surface area contributed by atoms with Crippen molar-refractivity contribution in [2.75, 3.05) is 0 Å². The van der Waals surface area contributed by atoms with Gasteiger partial charge in [-0.2, -0.15) is 5.10 Å². The molecule has 0 radical (unpaired) electrons. The second kappa shape index (κ2) is 7.57. The number of hydrogen-bond acceptors (Lipinski definition) is 4. The first kappa shape index (κ1) is 18.8. The number of carbonyl (C=O) groups is 1. The summed E-state index contributed by atoms with van der Waals surface area (Å²) in [4.78, 5) is 17.5. The van der Waals surface area contributed by atoms with Gasteiger partial charge in [0.05, 0.1) is 34.9 Å². The number of aryl methyl sites for hydroxylation is 1. The van der Waals surface area contributed by atoms with Crippen LogP contribution in [0.4, 0.5) is 0 Å². The second-order valence-corrected chi connectivity index (χ2v) is 8.13. The van der Waals surface area contributed by atoms with Gasteiger partial charge in [0.1, 0.15) is 5.52 Å². The number of nitrogens with zero attached hydrogens (tertiary/aromatic N) is 4. The predicted octanol–water partition coefficient (Wildman–Crippen LogP) is 3.00. The van der Waals surface area contributed by atoms with E-state index in [1.807, 2.05) is 36.3 Å². The summed E-state index contributed by atoms with van der Waals surface area (Å²) >= 11 is 0. The van der Waals surface area contributed by atoms with E-state index in [-0.39, 0.29) is 11.9 Å². The van der Waals surface area contributed by atoms with Crippen LogP contribution in [0.25, 0.3) is 21.9 Å². The topological polar surface area (TPSA) is 85.0 Å². The van der Waals surface area contributed by atoms with Crippen LogP contribution in [-0.2, 0) is 13.6 Å². The Bertz CT molecular complexity index is 1230. The number of aliphatic hydroxyl groups is 1. The van der Waals surface area contributed by atoms with Crippen LogP contribution >= 0.6 is 0 Å². The molecule has 2 atom stereocenters. The van der Waals surface area contributed by atoms with Gasteiger partial charge in [-0.25, -0.2) is 0 Å². The molecular formula is C23H25N5O2. The molecule has 154 valence electrons. The van der Waals surface area contributed by atoms with Crippen molar-refractivity contribution in [1.29, 1.82) is 0 Å². The van der Waals surface area contributed by atoms with Crippen molar-refractivity contribution in [3.63, 3.8) is 0 Å². The summed E-state index contributed by atoms with van der Waals surface area (Å²) in [5.41, 5.74) is 4.36. The van der Waals surface area contributed by atoms with E-state index in [2.05, 4.69) is 38.2 Å². The van der Waals surface area contributed by atoms with E-state index in [9.17, 15) is 9.90 Å². The molecule has 3 aromatic heterocycles. The van der Waals surface area contributed by atoms with E-state index in [1.54, 1.807) is 6.20 Å². The highest BCUT2D eigenvalue weighted by Gasteiger charge is 2.26. The number of benzene rings is 1. The number of aromatic nitrogens is 4. The standard InChI is InChI=1S/C23H25N5O2/c1-27-19-9-8-15(11-16(19)12-25-27)13-28-14-17(22-20(28)6-4-10-24-22)23(30)26-18-5-2-3-7-21(18)29/h4,6,8-12,14,18,21,29H,2-3,5,7,13H2,1H3,(H,26,30). The van der Waals surface area contributed by atoms with Crippen LogP contribution in [0.1, 0.15) is 41.6 Å². The number of fused-ring (bicyclic) bond motifs is 2. The largest absolute Gasteiger partial charge is 0.391 e. The smallest absolute Gasteiger partial charge is 0.255 e. The average molecular weight is 403 g/mol. The van der Waals surface area contributed by atoms with Gasteiger partial charge in [-0.05, 0) is 42.7 Å². The maximum absolute atomic E-state index is 13.0. The van der Waals surface area contributed by atoms with Crippen LogP contribution in [0.3, 0.4) is 0 Å². The molecule has 2 unspecified atom stereocenters. The summed E-state index contributed by atoms with van der Waals surface area (Å²) in [5, 5.41) is 18.7. The number of aliphatic hydroxyl groups excluding tert-OH is 1. The number of pyridine rings is 1. The highest BCUT2D eigenvalue weighted by atomic mass is 16.3. The zero-order valence-electron chi connectivity index (χ0n) is 17.0. The Kier molecular flexibility index (Phi) is 4.75. The number of amides is 1. The van der Waals surface area contributed by atoms with Crippen molar-refractivity contribution < 1.29 is 9.90 Å². The lowest BCUT2D eigenvalue weighted by Crippen LogP contribution is -2.45. The summed E-state index contributed by atoms with van der Waals surface area (Å²) in [6.07, 6.45) is 8.55. The quantitative estimate of drug-likeness (QED) is 0.549. The van der Waals surface area contributed by atoms with Crippen LogP contribution < -0.4 is 5.32 Å². The van der Waals surface area contributed by atoms with Crippen molar-refractivity contribution >= 4 is 27.8 Å². The molecule has 0 saturated heterocycles. The Balaban J connectivity index is 1.46. The molecular weight excluding hydrogens is 378 g/mol. The van der Waals surface area contributed by atoms with Gasteiger partial charge in [0.25, 0.3) is 5.91 Å². The number of carbonyl (C=O) groups excluding carboxylic acids is 1. The average Bonchev–Trinajstić information content (AvgIpc) is 3.31. The molecule has 3 heterocycles. The summed E-state index contributed by atoms with van der Waals surface area (Å²) in [6, 6.07) is 9.96. The first-order valence-corrected chi connectivity index (χ1v) is 10.4. The molecule has 0 bridgehead atoms. The van der Waals surface area contributed by atoms with Gasteiger partial charge in [0.15, 0.2) is 0 Å².